The Hall–Kier alpha value is -2.95. The molecule has 5 nitrogen and oxygen atoms in total. The van der Waals surface area contributed by atoms with Crippen molar-refractivity contribution in [2.24, 2.45) is 0 Å². The summed E-state index contributed by atoms with van der Waals surface area (Å²) in [7, 11) is 0. The van der Waals surface area contributed by atoms with Crippen LogP contribution in [0.5, 0.6) is 5.75 Å². The summed E-state index contributed by atoms with van der Waals surface area (Å²) in [5.41, 5.74) is 1.32. The molecule has 0 fully saturated rings. The zero-order valence-corrected chi connectivity index (χ0v) is 15.4. The quantitative estimate of drug-likeness (QED) is 0.556. The predicted molar refractivity (Wildman–Crippen MR) is 104 cm³/mol. The fraction of sp³-hybridized carbons (Fsp3) is 0.105. The first-order valence-electron chi connectivity index (χ1n) is 7.88. The average molecular weight is 379 g/mol. The normalized spacial score (nSPS) is 12.0. The molecule has 1 N–H and O–H groups in total. The Morgan fingerprint density at radius 1 is 1.23 bits per heavy atom. The van der Waals surface area contributed by atoms with Gasteiger partial charge < -0.3 is 9.72 Å². The van der Waals surface area contributed by atoms with Crippen molar-refractivity contribution in [3.05, 3.63) is 68.9 Å². The number of hydrogen-bond donors (Lipinski definition) is 1. The molecule has 0 aliphatic heterocycles. The number of aromatic nitrogens is 2. The van der Waals surface area contributed by atoms with Crippen LogP contribution in [0.25, 0.3) is 20.7 Å². The second kappa shape index (κ2) is 6.75. The van der Waals surface area contributed by atoms with E-state index in [0.717, 1.165) is 10.4 Å². The number of aromatic amines is 1. The molecule has 0 saturated heterocycles. The number of nitrogens with one attached hydrogen (secondary N) is 1. The van der Waals surface area contributed by atoms with Gasteiger partial charge in [0, 0.05) is 15.8 Å². The zero-order valence-electron chi connectivity index (χ0n) is 13.7. The first-order valence-corrected chi connectivity index (χ1v) is 9.64. The zero-order chi connectivity index (χ0) is 18.1. The standard InChI is InChI=1S/C19H13N3O2S2/c1-11(24-13-6-4-12(9-20)5-7-13)17-21-18(23)16-14(10-26-19(16)22-17)15-3-2-8-25-15/h2-8,10-11H,1H3,(H,21,22,23)/t11-/m1/s1. The number of fused-ring (bicyclic) bond motifs is 1. The molecule has 4 rings (SSSR count). The Morgan fingerprint density at radius 2 is 2.04 bits per heavy atom. The van der Waals surface area contributed by atoms with Crippen LogP contribution in [0.3, 0.4) is 0 Å². The van der Waals surface area contributed by atoms with Crippen LogP contribution in [0.2, 0.25) is 0 Å². The van der Waals surface area contributed by atoms with Gasteiger partial charge in [-0.1, -0.05) is 6.07 Å². The molecule has 26 heavy (non-hydrogen) atoms. The van der Waals surface area contributed by atoms with Gasteiger partial charge in [-0.05, 0) is 42.6 Å². The lowest BCUT2D eigenvalue weighted by Crippen LogP contribution is -2.16. The van der Waals surface area contributed by atoms with Gasteiger partial charge in [0.15, 0.2) is 11.9 Å². The number of thiophene rings is 2. The lowest BCUT2D eigenvalue weighted by molar-refractivity contribution is 0.216. The molecule has 3 heterocycles. The van der Waals surface area contributed by atoms with Gasteiger partial charge in [0.05, 0.1) is 17.0 Å². The molecular weight excluding hydrogens is 366 g/mol. The van der Waals surface area contributed by atoms with Gasteiger partial charge in [0.1, 0.15) is 10.6 Å². The minimum absolute atomic E-state index is 0.162. The van der Waals surface area contributed by atoms with E-state index in [1.807, 2.05) is 29.8 Å². The largest absolute Gasteiger partial charge is 0.483 e. The minimum Gasteiger partial charge on any atom is -0.483 e. The molecule has 0 aliphatic carbocycles. The van der Waals surface area contributed by atoms with E-state index < -0.39 is 6.10 Å². The topological polar surface area (TPSA) is 78.8 Å². The van der Waals surface area contributed by atoms with Crippen molar-refractivity contribution in [1.82, 2.24) is 9.97 Å². The van der Waals surface area contributed by atoms with Crippen molar-refractivity contribution in [3.63, 3.8) is 0 Å². The van der Waals surface area contributed by atoms with Gasteiger partial charge in [-0.3, -0.25) is 4.79 Å². The van der Waals surface area contributed by atoms with E-state index in [0.29, 0.717) is 27.4 Å². The Kier molecular flexibility index (Phi) is 4.29. The molecule has 1 aromatic carbocycles. The van der Waals surface area contributed by atoms with Crippen LogP contribution >= 0.6 is 22.7 Å². The van der Waals surface area contributed by atoms with Crippen molar-refractivity contribution >= 4 is 32.9 Å². The fourth-order valence-corrected chi connectivity index (χ4v) is 4.41. The lowest BCUT2D eigenvalue weighted by atomic mass is 10.2. The molecule has 0 amide bonds. The van der Waals surface area contributed by atoms with E-state index in [-0.39, 0.29) is 5.56 Å². The number of nitriles is 1. The Labute approximate surface area is 157 Å². The third-order valence-electron chi connectivity index (χ3n) is 3.93. The first kappa shape index (κ1) is 16.5. The number of hydrogen-bond acceptors (Lipinski definition) is 6. The Bertz CT molecular complexity index is 1150. The summed E-state index contributed by atoms with van der Waals surface area (Å²) in [5, 5.41) is 13.4. The number of benzene rings is 1. The SMILES string of the molecule is C[C@@H](Oc1ccc(C#N)cc1)c1nc2scc(-c3cccs3)c2c(=O)[nH]1. The molecule has 3 aromatic heterocycles. The summed E-state index contributed by atoms with van der Waals surface area (Å²) in [6.45, 7) is 1.83. The van der Waals surface area contributed by atoms with E-state index in [9.17, 15) is 4.79 Å². The van der Waals surface area contributed by atoms with Gasteiger partial charge in [0.2, 0.25) is 0 Å². The summed E-state index contributed by atoms with van der Waals surface area (Å²) in [6, 6.07) is 12.9. The van der Waals surface area contributed by atoms with Gasteiger partial charge in [-0.2, -0.15) is 5.26 Å². The molecule has 7 heteroatoms. The highest BCUT2D eigenvalue weighted by molar-refractivity contribution is 7.18. The molecule has 128 valence electrons. The maximum absolute atomic E-state index is 12.6. The van der Waals surface area contributed by atoms with Gasteiger partial charge in [-0.25, -0.2) is 4.98 Å². The molecule has 0 aliphatic rings. The average Bonchev–Trinajstić information content (AvgIpc) is 3.31. The van der Waals surface area contributed by atoms with E-state index in [2.05, 4.69) is 16.0 Å². The predicted octanol–water partition coefficient (Wildman–Crippen LogP) is 4.72. The lowest BCUT2D eigenvalue weighted by Gasteiger charge is -2.14. The molecule has 4 aromatic rings. The number of rotatable bonds is 4. The van der Waals surface area contributed by atoms with E-state index in [1.165, 1.54) is 11.3 Å². The number of nitrogens with zero attached hydrogens (tertiary/aromatic N) is 2. The van der Waals surface area contributed by atoms with Crippen molar-refractivity contribution < 1.29 is 4.74 Å². The summed E-state index contributed by atoms with van der Waals surface area (Å²) in [5.74, 6) is 1.09. The van der Waals surface area contributed by atoms with E-state index in [4.69, 9.17) is 10.00 Å². The van der Waals surface area contributed by atoms with E-state index in [1.54, 1.807) is 35.6 Å². The van der Waals surface area contributed by atoms with Crippen LogP contribution in [-0.2, 0) is 0 Å². The highest BCUT2D eigenvalue weighted by atomic mass is 32.1. The smallest absolute Gasteiger partial charge is 0.260 e. The molecule has 0 spiro atoms. The third-order valence-corrected chi connectivity index (χ3v) is 5.71. The van der Waals surface area contributed by atoms with Crippen molar-refractivity contribution in [2.45, 2.75) is 13.0 Å². The van der Waals surface area contributed by atoms with Gasteiger partial charge in [0.25, 0.3) is 5.56 Å². The third kappa shape index (κ3) is 3.01. The highest BCUT2D eigenvalue weighted by Gasteiger charge is 2.17. The number of H-pyrrole nitrogens is 1. The molecule has 1 atom stereocenters. The van der Waals surface area contributed by atoms with Crippen molar-refractivity contribution in [3.8, 4) is 22.3 Å². The molecule has 0 radical (unpaired) electrons. The second-order valence-electron chi connectivity index (χ2n) is 5.65. The van der Waals surface area contributed by atoms with Crippen LogP contribution in [0.15, 0.2) is 52.0 Å². The van der Waals surface area contributed by atoms with Crippen molar-refractivity contribution in [1.29, 1.82) is 5.26 Å². The molecule has 0 bridgehead atoms. The Morgan fingerprint density at radius 3 is 2.73 bits per heavy atom. The second-order valence-corrected chi connectivity index (χ2v) is 7.46. The molecule has 0 saturated carbocycles. The summed E-state index contributed by atoms with van der Waals surface area (Å²) < 4.78 is 5.85. The molecular formula is C19H13N3O2S2. The van der Waals surface area contributed by atoms with Gasteiger partial charge in [-0.15, -0.1) is 22.7 Å². The maximum Gasteiger partial charge on any atom is 0.260 e. The van der Waals surface area contributed by atoms with Crippen LogP contribution < -0.4 is 10.3 Å². The number of ether oxygens (including phenoxy) is 1. The first-order chi connectivity index (χ1) is 12.7. The van der Waals surface area contributed by atoms with Crippen LogP contribution in [-0.4, -0.2) is 9.97 Å². The molecule has 0 unspecified atom stereocenters. The minimum atomic E-state index is -0.424. The maximum atomic E-state index is 12.6. The van der Waals surface area contributed by atoms with Crippen LogP contribution in [0, 0.1) is 11.3 Å². The van der Waals surface area contributed by atoms with Crippen LogP contribution in [0.4, 0.5) is 0 Å². The van der Waals surface area contributed by atoms with Crippen LogP contribution in [0.1, 0.15) is 24.4 Å². The summed E-state index contributed by atoms with van der Waals surface area (Å²) in [4.78, 5) is 21.8. The monoisotopic (exact) mass is 379 g/mol. The highest BCUT2D eigenvalue weighted by Crippen LogP contribution is 2.34. The van der Waals surface area contributed by atoms with Crippen molar-refractivity contribution in [2.75, 3.05) is 0 Å². The summed E-state index contributed by atoms with van der Waals surface area (Å²) >= 11 is 3.05. The summed E-state index contributed by atoms with van der Waals surface area (Å²) in [6.07, 6.45) is -0.424. The fourth-order valence-electron chi connectivity index (χ4n) is 2.64. The van der Waals surface area contributed by atoms with Gasteiger partial charge >= 0.3 is 0 Å². The Balaban J connectivity index is 1.66. The van der Waals surface area contributed by atoms with E-state index >= 15 is 0 Å².